The van der Waals surface area contributed by atoms with Crippen LogP contribution in [-0.4, -0.2) is 47.0 Å². The molecule has 1 fully saturated rings. The summed E-state index contributed by atoms with van der Waals surface area (Å²) in [6.07, 6.45) is 3.51. The number of carbonyl (C=O) groups excluding carboxylic acids is 1. The number of hydrogen-bond donors (Lipinski definition) is 0. The molecular weight excluding hydrogens is 460 g/mol. The number of anilines is 1. The van der Waals surface area contributed by atoms with E-state index in [2.05, 4.69) is 27.0 Å². The van der Waals surface area contributed by atoms with Crippen molar-refractivity contribution < 1.29 is 9.53 Å². The second-order valence-electron chi connectivity index (χ2n) is 9.01. The summed E-state index contributed by atoms with van der Waals surface area (Å²) in [6, 6.07) is 30.0. The van der Waals surface area contributed by atoms with Gasteiger partial charge in [0.2, 0.25) is 5.91 Å². The minimum absolute atomic E-state index is 0.0212. The molecule has 0 unspecified atom stereocenters. The first kappa shape index (κ1) is 24.3. The summed E-state index contributed by atoms with van der Waals surface area (Å²) >= 11 is 0. The fourth-order valence-corrected chi connectivity index (χ4v) is 4.32. The lowest BCUT2D eigenvalue weighted by Gasteiger charge is -2.35. The zero-order chi connectivity index (χ0) is 25.5. The van der Waals surface area contributed by atoms with Crippen LogP contribution < -0.4 is 9.64 Å². The molecule has 2 heterocycles. The number of amides is 1. The van der Waals surface area contributed by atoms with Crippen molar-refractivity contribution >= 4 is 17.8 Å². The molecule has 1 aliphatic rings. The predicted molar refractivity (Wildman–Crippen MR) is 147 cm³/mol. The molecule has 4 aromatic rings. The summed E-state index contributed by atoms with van der Waals surface area (Å²) in [5, 5.41) is 0. The molecule has 0 N–H and O–H groups in total. The fraction of sp³-hybridized carbons (Fsp3) is 0.194. The molecular formula is C31H30N4O2. The van der Waals surface area contributed by atoms with E-state index in [0.717, 1.165) is 52.9 Å². The smallest absolute Gasteiger partial charge is 0.246 e. The van der Waals surface area contributed by atoms with Gasteiger partial charge in [0.25, 0.3) is 0 Å². The van der Waals surface area contributed by atoms with Crippen LogP contribution in [0, 0.1) is 6.92 Å². The number of nitrogens with zero attached hydrogens (tertiary/aromatic N) is 4. The molecule has 0 saturated carbocycles. The third kappa shape index (κ3) is 6.41. The first-order valence-corrected chi connectivity index (χ1v) is 12.5. The molecule has 37 heavy (non-hydrogen) atoms. The number of aromatic nitrogens is 2. The topological polar surface area (TPSA) is 58.6 Å². The Kier molecular flexibility index (Phi) is 7.55. The molecule has 1 aromatic heterocycles. The molecule has 186 valence electrons. The van der Waals surface area contributed by atoms with Crippen LogP contribution in [0.4, 0.5) is 5.82 Å². The number of rotatable bonds is 7. The Morgan fingerprint density at radius 2 is 1.54 bits per heavy atom. The minimum atomic E-state index is 0.0212. The van der Waals surface area contributed by atoms with E-state index in [4.69, 9.17) is 4.74 Å². The number of benzene rings is 3. The van der Waals surface area contributed by atoms with Gasteiger partial charge in [-0.25, -0.2) is 9.97 Å². The first-order chi connectivity index (χ1) is 18.1. The van der Waals surface area contributed by atoms with Crippen LogP contribution in [0.25, 0.3) is 17.3 Å². The lowest BCUT2D eigenvalue weighted by atomic mass is 10.1. The molecule has 6 heteroatoms. The van der Waals surface area contributed by atoms with Gasteiger partial charge in [-0.15, -0.1) is 0 Å². The summed E-state index contributed by atoms with van der Waals surface area (Å²) in [6.45, 7) is 5.22. The molecule has 0 spiro atoms. The summed E-state index contributed by atoms with van der Waals surface area (Å²) in [7, 11) is 0. The van der Waals surface area contributed by atoms with Crippen LogP contribution in [-0.2, 0) is 11.4 Å². The van der Waals surface area contributed by atoms with E-state index >= 15 is 0 Å². The van der Waals surface area contributed by atoms with Gasteiger partial charge in [-0.05, 0) is 36.3 Å². The van der Waals surface area contributed by atoms with Crippen molar-refractivity contribution in [3.05, 3.63) is 114 Å². The Morgan fingerprint density at radius 3 is 2.24 bits per heavy atom. The quantitative estimate of drug-likeness (QED) is 0.325. The standard InChI is InChI=1S/C31H30N4O2/c1-24-32-29(27-10-6-3-7-11-27)22-30(33-24)34-18-20-35(21-19-34)31(36)17-14-25-12-15-28(16-13-25)37-23-26-8-4-2-5-9-26/h2-17,22H,18-21,23H2,1H3/b17-14+. The maximum Gasteiger partial charge on any atom is 0.246 e. The van der Waals surface area contributed by atoms with Gasteiger partial charge in [-0.1, -0.05) is 72.8 Å². The SMILES string of the molecule is Cc1nc(-c2ccccc2)cc(N2CCN(C(=O)/C=C/c3ccc(OCc4ccccc4)cc3)CC2)n1. The maximum absolute atomic E-state index is 12.8. The van der Waals surface area contributed by atoms with Crippen molar-refractivity contribution in [3.8, 4) is 17.0 Å². The van der Waals surface area contributed by atoms with Gasteiger partial charge in [0, 0.05) is 43.9 Å². The normalized spacial score (nSPS) is 13.6. The van der Waals surface area contributed by atoms with E-state index in [1.807, 2.05) is 96.8 Å². The predicted octanol–water partition coefficient (Wildman–Crippen LogP) is 5.39. The average Bonchev–Trinajstić information content (AvgIpc) is 2.96. The highest BCUT2D eigenvalue weighted by atomic mass is 16.5. The lowest BCUT2D eigenvalue weighted by Crippen LogP contribution is -2.48. The Balaban J connectivity index is 1.14. The zero-order valence-electron chi connectivity index (χ0n) is 21.0. The van der Waals surface area contributed by atoms with Crippen molar-refractivity contribution in [1.82, 2.24) is 14.9 Å². The minimum Gasteiger partial charge on any atom is -0.489 e. The third-order valence-corrected chi connectivity index (χ3v) is 6.36. The van der Waals surface area contributed by atoms with E-state index in [0.29, 0.717) is 19.7 Å². The largest absolute Gasteiger partial charge is 0.489 e. The van der Waals surface area contributed by atoms with Gasteiger partial charge < -0.3 is 14.5 Å². The van der Waals surface area contributed by atoms with Gasteiger partial charge in [-0.2, -0.15) is 0 Å². The van der Waals surface area contributed by atoms with E-state index in [1.165, 1.54) is 0 Å². The van der Waals surface area contributed by atoms with Crippen molar-refractivity contribution in [2.45, 2.75) is 13.5 Å². The lowest BCUT2D eigenvalue weighted by molar-refractivity contribution is -0.126. The number of hydrogen-bond acceptors (Lipinski definition) is 5. The average molecular weight is 491 g/mol. The summed E-state index contributed by atoms with van der Waals surface area (Å²) in [4.78, 5) is 26.2. The summed E-state index contributed by atoms with van der Waals surface area (Å²) < 4.78 is 5.84. The highest BCUT2D eigenvalue weighted by molar-refractivity contribution is 5.92. The Hall–Kier alpha value is -4.45. The summed E-state index contributed by atoms with van der Waals surface area (Å²) in [5.74, 6) is 2.48. The van der Waals surface area contributed by atoms with Crippen molar-refractivity contribution in [2.24, 2.45) is 0 Å². The van der Waals surface area contributed by atoms with Crippen molar-refractivity contribution in [1.29, 1.82) is 0 Å². The second-order valence-corrected chi connectivity index (χ2v) is 9.01. The monoisotopic (exact) mass is 490 g/mol. The van der Waals surface area contributed by atoms with E-state index in [-0.39, 0.29) is 5.91 Å². The maximum atomic E-state index is 12.8. The number of ether oxygens (including phenoxy) is 1. The molecule has 6 nitrogen and oxygen atoms in total. The van der Waals surface area contributed by atoms with Crippen molar-refractivity contribution in [2.75, 3.05) is 31.1 Å². The van der Waals surface area contributed by atoms with Crippen LogP contribution in [0.5, 0.6) is 5.75 Å². The Bertz CT molecular complexity index is 1350. The molecule has 0 aliphatic carbocycles. The molecule has 0 atom stereocenters. The van der Waals surface area contributed by atoms with E-state index in [1.54, 1.807) is 6.08 Å². The van der Waals surface area contributed by atoms with Crippen LogP contribution >= 0.6 is 0 Å². The number of aryl methyl sites for hydroxylation is 1. The molecule has 1 aliphatic heterocycles. The van der Waals surface area contributed by atoms with Gasteiger partial charge in [-0.3, -0.25) is 4.79 Å². The van der Waals surface area contributed by atoms with E-state index in [9.17, 15) is 4.79 Å². The van der Waals surface area contributed by atoms with Crippen LogP contribution in [0.1, 0.15) is 17.0 Å². The number of piperazine rings is 1. The third-order valence-electron chi connectivity index (χ3n) is 6.36. The van der Waals surface area contributed by atoms with Crippen LogP contribution in [0.2, 0.25) is 0 Å². The number of carbonyl (C=O) groups is 1. The summed E-state index contributed by atoms with van der Waals surface area (Å²) in [5.41, 5.74) is 4.08. The highest BCUT2D eigenvalue weighted by Crippen LogP contribution is 2.23. The van der Waals surface area contributed by atoms with Crippen molar-refractivity contribution in [3.63, 3.8) is 0 Å². The molecule has 5 rings (SSSR count). The molecule has 0 radical (unpaired) electrons. The van der Waals surface area contributed by atoms with Gasteiger partial charge in [0.1, 0.15) is 24.0 Å². The van der Waals surface area contributed by atoms with Gasteiger partial charge >= 0.3 is 0 Å². The molecule has 1 amide bonds. The molecule has 1 saturated heterocycles. The van der Waals surface area contributed by atoms with E-state index < -0.39 is 0 Å². The second kappa shape index (κ2) is 11.5. The molecule has 3 aromatic carbocycles. The highest BCUT2D eigenvalue weighted by Gasteiger charge is 2.21. The first-order valence-electron chi connectivity index (χ1n) is 12.5. The van der Waals surface area contributed by atoms with Crippen LogP contribution in [0.3, 0.4) is 0 Å². The molecule has 0 bridgehead atoms. The Morgan fingerprint density at radius 1 is 0.865 bits per heavy atom. The van der Waals surface area contributed by atoms with Crippen LogP contribution in [0.15, 0.2) is 97.1 Å². The van der Waals surface area contributed by atoms with Gasteiger partial charge in [0.15, 0.2) is 0 Å². The van der Waals surface area contributed by atoms with Gasteiger partial charge in [0.05, 0.1) is 5.69 Å². The Labute approximate surface area is 217 Å². The fourth-order valence-electron chi connectivity index (χ4n) is 4.32. The zero-order valence-corrected chi connectivity index (χ0v) is 21.0.